The summed E-state index contributed by atoms with van der Waals surface area (Å²) in [5.74, 6) is 1.02. The number of rotatable bonds is 5. The van der Waals surface area contributed by atoms with Gasteiger partial charge in [0, 0.05) is 33.0 Å². The van der Waals surface area contributed by atoms with Gasteiger partial charge in [-0.2, -0.15) is 0 Å². The molecular formula is C14H19ClN4. The summed E-state index contributed by atoms with van der Waals surface area (Å²) in [6.45, 7) is 3.71. The summed E-state index contributed by atoms with van der Waals surface area (Å²) >= 11 is 6.24. The van der Waals surface area contributed by atoms with E-state index in [-0.39, 0.29) is 0 Å². The van der Waals surface area contributed by atoms with Gasteiger partial charge in [0.15, 0.2) is 0 Å². The first-order valence-corrected chi connectivity index (χ1v) is 6.71. The molecule has 0 radical (unpaired) electrons. The molecule has 1 N–H and O–H groups in total. The van der Waals surface area contributed by atoms with Crippen LogP contribution >= 0.6 is 11.6 Å². The van der Waals surface area contributed by atoms with E-state index in [2.05, 4.69) is 21.8 Å². The van der Waals surface area contributed by atoms with Gasteiger partial charge in [0.1, 0.15) is 5.82 Å². The summed E-state index contributed by atoms with van der Waals surface area (Å²) in [6, 6.07) is 5.87. The number of hydrogen-bond donors (Lipinski definition) is 1. The number of nitrogens with one attached hydrogen (secondary N) is 1. The Hall–Kier alpha value is -1.68. The molecule has 0 spiro atoms. The van der Waals surface area contributed by atoms with Crippen molar-refractivity contribution in [1.82, 2.24) is 9.55 Å². The highest BCUT2D eigenvalue weighted by atomic mass is 35.5. The number of anilines is 2. The molecular weight excluding hydrogens is 260 g/mol. The Kier molecular flexibility index (Phi) is 4.32. The summed E-state index contributed by atoms with van der Waals surface area (Å²) in [5, 5.41) is 4.15. The molecule has 0 fully saturated rings. The van der Waals surface area contributed by atoms with Crippen LogP contribution in [0.25, 0.3) is 0 Å². The van der Waals surface area contributed by atoms with Crippen LogP contribution in [0.4, 0.5) is 11.4 Å². The maximum atomic E-state index is 6.24. The van der Waals surface area contributed by atoms with E-state index in [0.717, 1.165) is 28.8 Å². The van der Waals surface area contributed by atoms with Gasteiger partial charge in [0.05, 0.1) is 22.9 Å². The minimum atomic E-state index is 0.683. The fourth-order valence-electron chi connectivity index (χ4n) is 2.08. The molecule has 0 aliphatic heterocycles. The highest BCUT2D eigenvalue weighted by Gasteiger charge is 2.09. The monoisotopic (exact) mass is 278 g/mol. The Morgan fingerprint density at radius 1 is 1.37 bits per heavy atom. The van der Waals surface area contributed by atoms with Crippen molar-refractivity contribution in [1.29, 1.82) is 0 Å². The number of para-hydroxylation sites is 1. The molecule has 1 aromatic heterocycles. The summed E-state index contributed by atoms with van der Waals surface area (Å²) < 4.78 is 2.12. The summed E-state index contributed by atoms with van der Waals surface area (Å²) in [6.07, 6.45) is 3.81. The molecule has 5 heteroatoms. The standard InChI is InChI=1S/C14H19ClN4/c1-4-19-9-8-16-13(19)10-17-12-7-5-6-11(15)14(12)18(2)3/h5-9,17H,4,10H2,1-3H3. The minimum Gasteiger partial charge on any atom is -0.376 e. The maximum Gasteiger partial charge on any atom is 0.128 e. The van der Waals surface area contributed by atoms with Gasteiger partial charge in [-0.25, -0.2) is 4.98 Å². The lowest BCUT2D eigenvalue weighted by atomic mass is 10.2. The predicted octanol–water partition coefficient (Wildman–Crippen LogP) is 3.23. The second kappa shape index (κ2) is 5.97. The Morgan fingerprint density at radius 3 is 2.84 bits per heavy atom. The third-order valence-corrected chi connectivity index (χ3v) is 3.32. The number of nitrogens with zero attached hydrogens (tertiary/aromatic N) is 3. The first kappa shape index (κ1) is 13.7. The van der Waals surface area contributed by atoms with Gasteiger partial charge in [-0.15, -0.1) is 0 Å². The lowest BCUT2D eigenvalue weighted by Gasteiger charge is -2.20. The quantitative estimate of drug-likeness (QED) is 0.911. The molecule has 0 unspecified atom stereocenters. The van der Waals surface area contributed by atoms with Gasteiger partial charge in [0.25, 0.3) is 0 Å². The van der Waals surface area contributed by atoms with E-state index in [1.54, 1.807) is 0 Å². The first-order valence-electron chi connectivity index (χ1n) is 6.33. The molecule has 0 bridgehead atoms. The number of imidazole rings is 1. The van der Waals surface area contributed by atoms with Gasteiger partial charge in [-0.3, -0.25) is 0 Å². The zero-order valence-electron chi connectivity index (χ0n) is 11.5. The average Bonchev–Trinajstić information content (AvgIpc) is 2.83. The third-order valence-electron chi connectivity index (χ3n) is 3.01. The van der Waals surface area contributed by atoms with Crippen LogP contribution in [0.15, 0.2) is 30.6 Å². The molecule has 1 heterocycles. The lowest BCUT2D eigenvalue weighted by Crippen LogP contribution is -2.14. The first-order chi connectivity index (χ1) is 9.13. The molecule has 0 saturated heterocycles. The van der Waals surface area contributed by atoms with Crippen molar-refractivity contribution in [2.75, 3.05) is 24.3 Å². The van der Waals surface area contributed by atoms with Gasteiger partial charge >= 0.3 is 0 Å². The molecule has 102 valence electrons. The highest BCUT2D eigenvalue weighted by Crippen LogP contribution is 2.32. The molecule has 0 saturated carbocycles. The molecule has 0 aliphatic rings. The van der Waals surface area contributed by atoms with Crippen molar-refractivity contribution in [2.24, 2.45) is 0 Å². The van der Waals surface area contributed by atoms with E-state index in [4.69, 9.17) is 11.6 Å². The number of aryl methyl sites for hydroxylation is 1. The number of aromatic nitrogens is 2. The van der Waals surface area contributed by atoms with Crippen LogP contribution in [-0.2, 0) is 13.1 Å². The van der Waals surface area contributed by atoms with Crippen molar-refractivity contribution < 1.29 is 0 Å². The van der Waals surface area contributed by atoms with Crippen LogP contribution in [0.5, 0.6) is 0 Å². The normalized spacial score (nSPS) is 10.5. The van der Waals surface area contributed by atoms with Gasteiger partial charge in [0.2, 0.25) is 0 Å². The van der Waals surface area contributed by atoms with Crippen LogP contribution in [0.2, 0.25) is 5.02 Å². The van der Waals surface area contributed by atoms with E-state index >= 15 is 0 Å². The van der Waals surface area contributed by atoms with E-state index in [1.165, 1.54) is 0 Å². The predicted molar refractivity (Wildman–Crippen MR) is 81.0 cm³/mol. The average molecular weight is 279 g/mol. The van der Waals surface area contributed by atoms with Crippen LogP contribution in [0, 0.1) is 0 Å². The van der Waals surface area contributed by atoms with Crippen molar-refractivity contribution in [3.05, 3.63) is 41.4 Å². The summed E-state index contributed by atoms with van der Waals surface area (Å²) in [7, 11) is 3.97. The molecule has 0 atom stereocenters. The highest BCUT2D eigenvalue weighted by molar-refractivity contribution is 6.34. The topological polar surface area (TPSA) is 33.1 Å². The molecule has 1 aromatic carbocycles. The third kappa shape index (κ3) is 3.01. The van der Waals surface area contributed by atoms with Crippen LogP contribution in [0.3, 0.4) is 0 Å². The number of benzene rings is 1. The van der Waals surface area contributed by atoms with E-state index in [0.29, 0.717) is 6.54 Å². The molecule has 2 rings (SSSR count). The van der Waals surface area contributed by atoms with Crippen LogP contribution in [0.1, 0.15) is 12.7 Å². The van der Waals surface area contributed by atoms with Crippen LogP contribution in [-0.4, -0.2) is 23.6 Å². The molecule has 2 aromatic rings. The fourth-order valence-corrected chi connectivity index (χ4v) is 2.43. The smallest absolute Gasteiger partial charge is 0.128 e. The van der Waals surface area contributed by atoms with Crippen LogP contribution < -0.4 is 10.2 Å². The molecule has 0 amide bonds. The van der Waals surface area contributed by atoms with Crippen molar-refractivity contribution in [3.8, 4) is 0 Å². The Bertz CT molecular complexity index is 548. The molecule has 4 nitrogen and oxygen atoms in total. The number of hydrogen-bond acceptors (Lipinski definition) is 3. The largest absolute Gasteiger partial charge is 0.376 e. The maximum absolute atomic E-state index is 6.24. The summed E-state index contributed by atoms with van der Waals surface area (Å²) in [4.78, 5) is 6.36. The Balaban J connectivity index is 2.18. The van der Waals surface area contributed by atoms with Crippen molar-refractivity contribution >= 4 is 23.0 Å². The lowest BCUT2D eigenvalue weighted by molar-refractivity contribution is 0.708. The second-order valence-corrected chi connectivity index (χ2v) is 4.92. The van der Waals surface area contributed by atoms with Crippen molar-refractivity contribution in [3.63, 3.8) is 0 Å². The van der Waals surface area contributed by atoms with E-state index in [9.17, 15) is 0 Å². The summed E-state index contributed by atoms with van der Waals surface area (Å²) in [5.41, 5.74) is 2.02. The van der Waals surface area contributed by atoms with E-state index < -0.39 is 0 Å². The number of halogens is 1. The SMILES string of the molecule is CCn1ccnc1CNc1cccc(Cl)c1N(C)C. The van der Waals surface area contributed by atoms with Gasteiger partial charge < -0.3 is 14.8 Å². The van der Waals surface area contributed by atoms with Crippen molar-refractivity contribution in [2.45, 2.75) is 20.0 Å². The fraction of sp³-hybridized carbons (Fsp3) is 0.357. The van der Waals surface area contributed by atoms with Gasteiger partial charge in [-0.1, -0.05) is 17.7 Å². The molecule has 19 heavy (non-hydrogen) atoms. The van der Waals surface area contributed by atoms with E-state index in [1.807, 2.05) is 49.6 Å². The minimum absolute atomic E-state index is 0.683. The molecule has 0 aliphatic carbocycles. The second-order valence-electron chi connectivity index (χ2n) is 4.51. The Morgan fingerprint density at radius 2 is 2.16 bits per heavy atom. The Labute approximate surface area is 119 Å². The van der Waals surface area contributed by atoms with Gasteiger partial charge in [-0.05, 0) is 19.1 Å². The zero-order valence-corrected chi connectivity index (χ0v) is 12.3. The zero-order chi connectivity index (χ0) is 13.8.